The van der Waals surface area contributed by atoms with E-state index in [9.17, 15) is 5.11 Å². The highest BCUT2D eigenvalue weighted by Crippen LogP contribution is 2.23. The third-order valence-corrected chi connectivity index (χ3v) is 4.47. The maximum absolute atomic E-state index is 10.2. The van der Waals surface area contributed by atoms with Crippen molar-refractivity contribution in [2.75, 3.05) is 26.2 Å². The predicted molar refractivity (Wildman–Crippen MR) is 91.7 cm³/mol. The van der Waals surface area contributed by atoms with Crippen LogP contribution in [0.15, 0.2) is 18.2 Å². The summed E-state index contributed by atoms with van der Waals surface area (Å²) in [5, 5.41) is 10.2. The number of aliphatic hydroxyl groups excluding tert-OH is 1. The molecule has 22 heavy (non-hydrogen) atoms. The normalized spacial score (nSPS) is 18.2. The van der Waals surface area contributed by atoms with E-state index >= 15 is 0 Å². The molecule has 0 bridgehead atoms. The maximum Gasteiger partial charge on any atom is 0.119 e. The fourth-order valence-electron chi connectivity index (χ4n) is 3.25. The number of hydrogen-bond acceptors (Lipinski definition) is 3. The van der Waals surface area contributed by atoms with Gasteiger partial charge in [-0.25, -0.2) is 0 Å². The van der Waals surface area contributed by atoms with Crippen LogP contribution in [-0.4, -0.2) is 42.4 Å². The van der Waals surface area contributed by atoms with E-state index in [1.54, 1.807) is 0 Å². The molecule has 1 aromatic rings. The second-order valence-corrected chi connectivity index (χ2v) is 6.85. The Kier molecular flexibility index (Phi) is 6.71. The SMILES string of the molecule is Cc1cc(OCC(O)CN2CCCCCC2)ccc1C(C)C. The summed E-state index contributed by atoms with van der Waals surface area (Å²) in [6.07, 6.45) is 4.74. The highest BCUT2D eigenvalue weighted by atomic mass is 16.5. The molecule has 0 radical (unpaired) electrons. The minimum absolute atomic E-state index is 0.372. The molecule has 0 aliphatic carbocycles. The first kappa shape index (κ1) is 17.3. The minimum atomic E-state index is -0.414. The fourth-order valence-corrected chi connectivity index (χ4v) is 3.25. The van der Waals surface area contributed by atoms with E-state index in [1.807, 2.05) is 6.07 Å². The molecule has 0 amide bonds. The van der Waals surface area contributed by atoms with Gasteiger partial charge >= 0.3 is 0 Å². The third-order valence-electron chi connectivity index (χ3n) is 4.47. The zero-order valence-electron chi connectivity index (χ0n) is 14.3. The molecule has 3 heteroatoms. The average Bonchev–Trinajstić information content (AvgIpc) is 2.73. The van der Waals surface area contributed by atoms with Gasteiger partial charge in [-0.3, -0.25) is 0 Å². The molecule has 124 valence electrons. The van der Waals surface area contributed by atoms with Gasteiger partial charge in [0, 0.05) is 6.54 Å². The number of hydrogen-bond donors (Lipinski definition) is 1. The van der Waals surface area contributed by atoms with Crippen LogP contribution in [0.1, 0.15) is 56.6 Å². The Morgan fingerprint density at radius 3 is 2.41 bits per heavy atom. The van der Waals surface area contributed by atoms with Gasteiger partial charge in [-0.1, -0.05) is 32.8 Å². The fraction of sp³-hybridized carbons (Fsp3) is 0.684. The zero-order valence-corrected chi connectivity index (χ0v) is 14.3. The third kappa shape index (κ3) is 5.29. The number of aliphatic hydroxyl groups is 1. The quantitative estimate of drug-likeness (QED) is 0.869. The van der Waals surface area contributed by atoms with Crippen molar-refractivity contribution in [2.45, 2.75) is 58.5 Å². The summed E-state index contributed by atoms with van der Waals surface area (Å²) in [6.45, 7) is 9.84. The number of likely N-dealkylation sites (tertiary alicyclic amines) is 1. The highest BCUT2D eigenvalue weighted by Gasteiger charge is 2.14. The zero-order chi connectivity index (χ0) is 15.9. The monoisotopic (exact) mass is 305 g/mol. The summed E-state index contributed by atoms with van der Waals surface area (Å²) >= 11 is 0. The van der Waals surface area contributed by atoms with Crippen LogP contribution in [0.3, 0.4) is 0 Å². The molecule has 1 fully saturated rings. The molecule has 1 saturated heterocycles. The van der Waals surface area contributed by atoms with Crippen molar-refractivity contribution in [3.63, 3.8) is 0 Å². The van der Waals surface area contributed by atoms with Crippen LogP contribution in [0.2, 0.25) is 0 Å². The van der Waals surface area contributed by atoms with E-state index < -0.39 is 6.10 Å². The van der Waals surface area contributed by atoms with Crippen molar-refractivity contribution in [3.8, 4) is 5.75 Å². The van der Waals surface area contributed by atoms with Gasteiger partial charge < -0.3 is 14.7 Å². The molecule has 3 nitrogen and oxygen atoms in total. The van der Waals surface area contributed by atoms with Gasteiger partial charge in [-0.05, 0) is 62.0 Å². The van der Waals surface area contributed by atoms with E-state index in [0.29, 0.717) is 12.5 Å². The lowest BCUT2D eigenvalue weighted by Gasteiger charge is -2.23. The molecule has 0 spiro atoms. The Bertz CT molecular complexity index is 451. The first-order valence-corrected chi connectivity index (χ1v) is 8.70. The smallest absolute Gasteiger partial charge is 0.119 e. The number of nitrogens with zero attached hydrogens (tertiary/aromatic N) is 1. The summed E-state index contributed by atoms with van der Waals surface area (Å²) in [6, 6.07) is 6.23. The van der Waals surface area contributed by atoms with Gasteiger partial charge in [0.15, 0.2) is 0 Å². The van der Waals surface area contributed by atoms with E-state index in [1.165, 1.54) is 36.8 Å². The molecule has 0 saturated carbocycles. The summed E-state index contributed by atoms with van der Waals surface area (Å²) in [7, 11) is 0. The van der Waals surface area contributed by atoms with Crippen LogP contribution in [-0.2, 0) is 0 Å². The Morgan fingerprint density at radius 1 is 1.14 bits per heavy atom. The molecule has 0 aromatic heterocycles. The first-order chi connectivity index (χ1) is 10.6. The molecule has 1 aromatic carbocycles. The summed E-state index contributed by atoms with van der Waals surface area (Å²) in [5.74, 6) is 1.39. The van der Waals surface area contributed by atoms with Crippen molar-refractivity contribution in [1.82, 2.24) is 4.90 Å². The Morgan fingerprint density at radius 2 is 1.82 bits per heavy atom. The van der Waals surface area contributed by atoms with E-state index in [2.05, 4.69) is 37.8 Å². The number of ether oxygens (including phenoxy) is 1. The summed E-state index contributed by atoms with van der Waals surface area (Å²) in [4.78, 5) is 2.37. The Balaban J connectivity index is 1.80. The lowest BCUT2D eigenvalue weighted by atomic mass is 9.98. The van der Waals surface area contributed by atoms with Crippen molar-refractivity contribution in [3.05, 3.63) is 29.3 Å². The lowest BCUT2D eigenvalue weighted by Crippen LogP contribution is -2.36. The van der Waals surface area contributed by atoms with Crippen molar-refractivity contribution in [2.24, 2.45) is 0 Å². The second kappa shape index (κ2) is 8.54. The molecule has 1 aliphatic rings. The molecular formula is C19H31NO2. The van der Waals surface area contributed by atoms with E-state index in [0.717, 1.165) is 25.4 Å². The van der Waals surface area contributed by atoms with Gasteiger partial charge in [0.2, 0.25) is 0 Å². The average molecular weight is 305 g/mol. The topological polar surface area (TPSA) is 32.7 Å². The number of β-amino-alcohol motifs (C(OH)–C–C–N with tert-alkyl or cyclic N) is 1. The molecular weight excluding hydrogens is 274 g/mol. The van der Waals surface area contributed by atoms with E-state index in [4.69, 9.17) is 4.74 Å². The number of benzene rings is 1. The molecule has 1 atom stereocenters. The first-order valence-electron chi connectivity index (χ1n) is 8.70. The van der Waals surface area contributed by atoms with Gasteiger partial charge in [0.1, 0.15) is 18.5 Å². The van der Waals surface area contributed by atoms with Crippen molar-refractivity contribution < 1.29 is 9.84 Å². The van der Waals surface area contributed by atoms with Crippen molar-refractivity contribution in [1.29, 1.82) is 0 Å². The largest absolute Gasteiger partial charge is 0.491 e. The summed E-state index contributed by atoms with van der Waals surface area (Å²) in [5.41, 5.74) is 2.62. The minimum Gasteiger partial charge on any atom is -0.491 e. The van der Waals surface area contributed by atoms with Crippen LogP contribution in [0.5, 0.6) is 5.75 Å². The molecule has 1 N–H and O–H groups in total. The second-order valence-electron chi connectivity index (χ2n) is 6.85. The van der Waals surface area contributed by atoms with Crippen molar-refractivity contribution >= 4 is 0 Å². The van der Waals surface area contributed by atoms with Gasteiger partial charge in [0.05, 0.1) is 0 Å². The van der Waals surface area contributed by atoms with Gasteiger partial charge in [0.25, 0.3) is 0 Å². The van der Waals surface area contributed by atoms with Crippen LogP contribution >= 0.6 is 0 Å². The molecule has 1 unspecified atom stereocenters. The molecule has 2 rings (SSSR count). The lowest BCUT2D eigenvalue weighted by molar-refractivity contribution is 0.0693. The van der Waals surface area contributed by atoms with Crippen LogP contribution in [0.25, 0.3) is 0 Å². The number of aryl methyl sites for hydroxylation is 1. The predicted octanol–water partition coefficient (Wildman–Crippen LogP) is 3.73. The van der Waals surface area contributed by atoms with Crippen LogP contribution < -0.4 is 4.74 Å². The highest BCUT2D eigenvalue weighted by molar-refractivity contribution is 5.36. The maximum atomic E-state index is 10.2. The van der Waals surface area contributed by atoms with Crippen LogP contribution in [0.4, 0.5) is 0 Å². The Labute approximate surface area is 135 Å². The standard InChI is InChI=1S/C19H31NO2/c1-15(2)19-9-8-18(12-16(19)3)22-14-17(21)13-20-10-6-4-5-7-11-20/h8-9,12,15,17,21H,4-7,10-11,13-14H2,1-3H3. The summed E-state index contributed by atoms with van der Waals surface area (Å²) < 4.78 is 5.78. The Hall–Kier alpha value is -1.06. The van der Waals surface area contributed by atoms with Crippen LogP contribution in [0, 0.1) is 6.92 Å². The molecule has 1 aliphatic heterocycles. The van der Waals surface area contributed by atoms with E-state index in [-0.39, 0.29) is 0 Å². The van der Waals surface area contributed by atoms with Gasteiger partial charge in [-0.2, -0.15) is 0 Å². The van der Waals surface area contributed by atoms with Gasteiger partial charge in [-0.15, -0.1) is 0 Å². The number of rotatable bonds is 6. The molecule has 1 heterocycles.